The molecule has 0 aliphatic rings. The number of aliphatic hydroxyl groups is 1. The lowest BCUT2D eigenvalue weighted by Gasteiger charge is -1.97. The largest absolute Gasteiger partial charge is 0.391 e. The van der Waals surface area contributed by atoms with Gasteiger partial charge < -0.3 is 9.63 Å². The Morgan fingerprint density at radius 1 is 1.33 bits per heavy atom. The Balaban J connectivity index is 2.42. The first kappa shape index (κ1) is 9.44. The molecule has 2 rings (SSSR count). The molecule has 1 N–H and O–H groups in total. The standard InChI is InChI=1S/C11H8N2O2/c12-5-8-1-3-9(4-2-8)11-10(6-14)7-15-13-11/h1-4,7,14H,6H2. The molecular weight excluding hydrogens is 192 g/mol. The summed E-state index contributed by atoms with van der Waals surface area (Å²) in [5, 5.41) is 21.4. The molecule has 4 nitrogen and oxygen atoms in total. The van der Waals surface area contributed by atoms with E-state index in [4.69, 9.17) is 14.9 Å². The van der Waals surface area contributed by atoms with Crippen LogP contribution >= 0.6 is 0 Å². The summed E-state index contributed by atoms with van der Waals surface area (Å²) >= 11 is 0. The smallest absolute Gasteiger partial charge is 0.129 e. The molecule has 0 aliphatic carbocycles. The molecule has 1 heterocycles. The van der Waals surface area contributed by atoms with E-state index in [1.807, 2.05) is 6.07 Å². The second-order valence-corrected chi connectivity index (χ2v) is 3.04. The minimum Gasteiger partial charge on any atom is -0.391 e. The van der Waals surface area contributed by atoms with Crippen molar-refractivity contribution in [3.05, 3.63) is 41.7 Å². The van der Waals surface area contributed by atoms with Crippen LogP contribution in [-0.4, -0.2) is 10.3 Å². The van der Waals surface area contributed by atoms with Gasteiger partial charge in [0.25, 0.3) is 0 Å². The number of benzene rings is 1. The summed E-state index contributed by atoms with van der Waals surface area (Å²) in [4.78, 5) is 0. The van der Waals surface area contributed by atoms with Crippen LogP contribution in [0.4, 0.5) is 0 Å². The second-order valence-electron chi connectivity index (χ2n) is 3.04. The molecule has 2 aromatic rings. The number of rotatable bonds is 2. The van der Waals surface area contributed by atoms with Gasteiger partial charge in [0.05, 0.1) is 18.2 Å². The average Bonchev–Trinajstić information content (AvgIpc) is 2.77. The number of hydrogen-bond donors (Lipinski definition) is 1. The molecule has 0 bridgehead atoms. The molecule has 0 amide bonds. The molecule has 74 valence electrons. The highest BCUT2D eigenvalue weighted by Crippen LogP contribution is 2.22. The Labute approximate surface area is 86.4 Å². The van der Waals surface area contributed by atoms with E-state index in [0.29, 0.717) is 16.8 Å². The maximum atomic E-state index is 9.02. The minimum absolute atomic E-state index is 0.112. The van der Waals surface area contributed by atoms with E-state index in [1.165, 1.54) is 6.26 Å². The maximum absolute atomic E-state index is 9.02. The highest BCUT2D eigenvalue weighted by atomic mass is 16.5. The lowest BCUT2D eigenvalue weighted by Crippen LogP contribution is -1.86. The molecule has 0 saturated heterocycles. The summed E-state index contributed by atoms with van der Waals surface area (Å²) in [5.41, 5.74) is 2.67. The minimum atomic E-state index is -0.112. The van der Waals surface area contributed by atoms with Gasteiger partial charge in [0, 0.05) is 11.1 Å². The zero-order valence-electron chi connectivity index (χ0n) is 7.84. The Bertz CT molecular complexity index is 494. The first-order valence-electron chi connectivity index (χ1n) is 4.40. The SMILES string of the molecule is N#Cc1ccc(-c2nocc2CO)cc1. The molecular formula is C11H8N2O2. The van der Waals surface area contributed by atoms with E-state index < -0.39 is 0 Å². The molecule has 0 atom stereocenters. The highest BCUT2D eigenvalue weighted by molar-refractivity contribution is 5.62. The average molecular weight is 200 g/mol. The molecule has 0 saturated carbocycles. The quantitative estimate of drug-likeness (QED) is 0.801. The zero-order chi connectivity index (χ0) is 10.7. The van der Waals surface area contributed by atoms with Gasteiger partial charge in [-0.3, -0.25) is 0 Å². The summed E-state index contributed by atoms with van der Waals surface area (Å²) in [6, 6.07) is 8.98. The van der Waals surface area contributed by atoms with Gasteiger partial charge in [0.2, 0.25) is 0 Å². The summed E-state index contributed by atoms with van der Waals surface area (Å²) < 4.78 is 4.77. The van der Waals surface area contributed by atoms with E-state index in [9.17, 15) is 0 Å². The molecule has 4 heteroatoms. The fourth-order valence-electron chi connectivity index (χ4n) is 1.31. The van der Waals surface area contributed by atoms with Gasteiger partial charge in [-0.25, -0.2) is 0 Å². The van der Waals surface area contributed by atoms with Gasteiger partial charge in [-0.05, 0) is 12.1 Å². The normalized spacial score (nSPS) is 9.87. The highest BCUT2D eigenvalue weighted by Gasteiger charge is 2.08. The van der Waals surface area contributed by atoms with Gasteiger partial charge >= 0.3 is 0 Å². The summed E-state index contributed by atoms with van der Waals surface area (Å²) in [6.07, 6.45) is 1.41. The predicted octanol–water partition coefficient (Wildman–Crippen LogP) is 1.71. The van der Waals surface area contributed by atoms with E-state index in [2.05, 4.69) is 5.16 Å². The van der Waals surface area contributed by atoms with Crippen molar-refractivity contribution in [2.45, 2.75) is 6.61 Å². The van der Waals surface area contributed by atoms with Crippen molar-refractivity contribution >= 4 is 0 Å². The molecule has 15 heavy (non-hydrogen) atoms. The van der Waals surface area contributed by atoms with Crippen molar-refractivity contribution in [1.82, 2.24) is 5.16 Å². The van der Waals surface area contributed by atoms with E-state index in [1.54, 1.807) is 24.3 Å². The van der Waals surface area contributed by atoms with Crippen LogP contribution in [0.25, 0.3) is 11.3 Å². The Kier molecular flexibility index (Phi) is 2.48. The first-order chi connectivity index (χ1) is 7.35. The van der Waals surface area contributed by atoms with Gasteiger partial charge in [-0.1, -0.05) is 17.3 Å². The summed E-state index contributed by atoms with van der Waals surface area (Å²) in [5.74, 6) is 0. The third-order valence-corrected chi connectivity index (χ3v) is 2.10. The van der Waals surface area contributed by atoms with Gasteiger partial charge in [0.15, 0.2) is 0 Å². The summed E-state index contributed by atoms with van der Waals surface area (Å²) in [6.45, 7) is -0.112. The molecule has 1 aromatic heterocycles. The van der Waals surface area contributed by atoms with Crippen molar-refractivity contribution in [3.8, 4) is 17.3 Å². The van der Waals surface area contributed by atoms with Crippen molar-refractivity contribution < 1.29 is 9.63 Å². The topological polar surface area (TPSA) is 70.0 Å². The van der Waals surface area contributed by atoms with Gasteiger partial charge in [-0.2, -0.15) is 5.26 Å². The Hall–Kier alpha value is -2.12. The van der Waals surface area contributed by atoms with Crippen molar-refractivity contribution in [2.24, 2.45) is 0 Å². The molecule has 0 spiro atoms. The van der Waals surface area contributed by atoms with Crippen molar-refractivity contribution in [2.75, 3.05) is 0 Å². The van der Waals surface area contributed by atoms with Gasteiger partial charge in [0.1, 0.15) is 12.0 Å². The van der Waals surface area contributed by atoms with Crippen LogP contribution in [0, 0.1) is 11.3 Å². The Morgan fingerprint density at radius 2 is 2.07 bits per heavy atom. The van der Waals surface area contributed by atoms with E-state index in [0.717, 1.165) is 5.56 Å². The molecule has 0 aliphatic heterocycles. The van der Waals surface area contributed by atoms with Crippen molar-refractivity contribution in [3.63, 3.8) is 0 Å². The van der Waals surface area contributed by atoms with Crippen LogP contribution in [0.2, 0.25) is 0 Å². The molecule has 0 fully saturated rings. The van der Waals surface area contributed by atoms with E-state index >= 15 is 0 Å². The van der Waals surface area contributed by atoms with Crippen LogP contribution in [0.5, 0.6) is 0 Å². The van der Waals surface area contributed by atoms with E-state index in [-0.39, 0.29) is 6.61 Å². The van der Waals surface area contributed by atoms with Crippen LogP contribution < -0.4 is 0 Å². The molecule has 0 radical (unpaired) electrons. The second kappa shape index (κ2) is 3.95. The lowest BCUT2D eigenvalue weighted by atomic mass is 10.1. The third kappa shape index (κ3) is 1.73. The summed E-state index contributed by atoms with van der Waals surface area (Å²) in [7, 11) is 0. The van der Waals surface area contributed by atoms with Crippen LogP contribution in [0.3, 0.4) is 0 Å². The number of nitriles is 1. The van der Waals surface area contributed by atoms with Crippen LogP contribution in [-0.2, 0) is 6.61 Å². The molecule has 0 unspecified atom stereocenters. The lowest BCUT2D eigenvalue weighted by molar-refractivity contribution is 0.280. The Morgan fingerprint density at radius 3 is 2.67 bits per heavy atom. The van der Waals surface area contributed by atoms with Crippen LogP contribution in [0.15, 0.2) is 35.1 Å². The van der Waals surface area contributed by atoms with Gasteiger partial charge in [-0.15, -0.1) is 0 Å². The fraction of sp³-hybridized carbons (Fsp3) is 0.0909. The predicted molar refractivity (Wildman–Crippen MR) is 52.6 cm³/mol. The number of aromatic nitrogens is 1. The molecule has 1 aromatic carbocycles. The number of nitrogens with zero attached hydrogens (tertiary/aromatic N) is 2. The van der Waals surface area contributed by atoms with Crippen LogP contribution in [0.1, 0.15) is 11.1 Å². The van der Waals surface area contributed by atoms with Crippen molar-refractivity contribution in [1.29, 1.82) is 5.26 Å². The number of hydrogen-bond acceptors (Lipinski definition) is 4. The third-order valence-electron chi connectivity index (χ3n) is 2.10. The fourth-order valence-corrected chi connectivity index (χ4v) is 1.31. The number of aliphatic hydroxyl groups excluding tert-OH is 1. The monoisotopic (exact) mass is 200 g/mol. The maximum Gasteiger partial charge on any atom is 0.129 e. The first-order valence-corrected chi connectivity index (χ1v) is 4.40. The zero-order valence-corrected chi connectivity index (χ0v) is 7.84.